The maximum atomic E-state index is 13.7. The number of aromatic amines is 1. The van der Waals surface area contributed by atoms with Crippen molar-refractivity contribution in [3.05, 3.63) is 63.9 Å². The van der Waals surface area contributed by atoms with E-state index in [4.69, 9.17) is 0 Å². The first-order valence-electron chi connectivity index (χ1n) is 7.22. The number of aromatic nitrogens is 1. The second-order valence-electron chi connectivity index (χ2n) is 5.40. The number of rotatable bonds is 3. The number of anilines is 1. The lowest BCUT2D eigenvalue weighted by atomic mass is 10.1. The van der Waals surface area contributed by atoms with Crippen molar-refractivity contribution in [2.75, 3.05) is 31.1 Å². The number of nitrogens with zero attached hydrogens (tertiary/aromatic N) is 2. The molecule has 1 aromatic carbocycles. The Kier molecular flexibility index (Phi) is 4.20. The molecule has 4 nitrogen and oxygen atoms in total. The first-order valence-corrected chi connectivity index (χ1v) is 7.22. The van der Waals surface area contributed by atoms with Crippen LogP contribution in [0.2, 0.25) is 0 Å². The lowest BCUT2D eigenvalue weighted by Crippen LogP contribution is -2.46. The van der Waals surface area contributed by atoms with E-state index in [9.17, 15) is 13.6 Å². The summed E-state index contributed by atoms with van der Waals surface area (Å²) in [4.78, 5) is 18.3. The van der Waals surface area contributed by atoms with Gasteiger partial charge in [0.05, 0.1) is 0 Å². The molecular weight excluding hydrogens is 288 g/mol. The molecule has 2 aromatic rings. The van der Waals surface area contributed by atoms with E-state index in [0.29, 0.717) is 12.1 Å². The molecule has 0 saturated carbocycles. The van der Waals surface area contributed by atoms with Gasteiger partial charge in [-0.05, 0) is 24.3 Å². The predicted octanol–water partition coefficient (Wildman–Crippen LogP) is 1.98. The number of hydrogen-bond acceptors (Lipinski definition) is 3. The Bertz CT molecular complexity index is 709. The van der Waals surface area contributed by atoms with Crippen molar-refractivity contribution < 1.29 is 8.78 Å². The monoisotopic (exact) mass is 305 g/mol. The van der Waals surface area contributed by atoms with Crippen LogP contribution in [-0.2, 0) is 6.54 Å². The molecule has 0 spiro atoms. The van der Waals surface area contributed by atoms with Crippen LogP contribution in [0.5, 0.6) is 0 Å². The molecule has 116 valence electrons. The van der Waals surface area contributed by atoms with Gasteiger partial charge in [-0.2, -0.15) is 0 Å². The molecule has 0 atom stereocenters. The van der Waals surface area contributed by atoms with Crippen LogP contribution in [0.3, 0.4) is 0 Å². The van der Waals surface area contributed by atoms with Gasteiger partial charge in [0.15, 0.2) is 0 Å². The summed E-state index contributed by atoms with van der Waals surface area (Å²) in [7, 11) is 0. The summed E-state index contributed by atoms with van der Waals surface area (Å²) in [6, 6.07) is 8.60. The highest BCUT2D eigenvalue weighted by molar-refractivity contribution is 5.38. The van der Waals surface area contributed by atoms with Gasteiger partial charge in [0.25, 0.3) is 0 Å². The highest BCUT2D eigenvalue weighted by atomic mass is 19.1. The molecule has 2 heterocycles. The third kappa shape index (κ3) is 3.33. The zero-order valence-corrected chi connectivity index (χ0v) is 12.1. The van der Waals surface area contributed by atoms with Crippen LogP contribution in [0.15, 0.2) is 41.2 Å². The normalized spacial score (nSPS) is 16.0. The van der Waals surface area contributed by atoms with Crippen LogP contribution < -0.4 is 10.5 Å². The third-order valence-electron chi connectivity index (χ3n) is 3.87. The maximum absolute atomic E-state index is 13.7. The van der Waals surface area contributed by atoms with Crippen molar-refractivity contribution in [3.63, 3.8) is 0 Å². The Morgan fingerprint density at radius 3 is 2.55 bits per heavy atom. The summed E-state index contributed by atoms with van der Waals surface area (Å²) in [6.45, 7) is 3.32. The average Bonchev–Trinajstić information content (AvgIpc) is 2.52. The summed E-state index contributed by atoms with van der Waals surface area (Å²) in [6.07, 6.45) is 0. The van der Waals surface area contributed by atoms with E-state index in [0.717, 1.165) is 44.1 Å². The molecule has 0 unspecified atom stereocenters. The fraction of sp³-hybridized carbons (Fsp3) is 0.312. The SMILES string of the molecule is O=c1cccc(N2CCN(Cc3cc(F)ccc3F)CC2)[nH]1. The van der Waals surface area contributed by atoms with Gasteiger partial charge >= 0.3 is 0 Å². The molecule has 1 aliphatic heterocycles. The van der Waals surface area contributed by atoms with Crippen molar-refractivity contribution >= 4 is 5.82 Å². The fourth-order valence-corrected chi connectivity index (χ4v) is 2.67. The molecular formula is C16H17F2N3O. The number of nitrogens with one attached hydrogen (secondary N) is 1. The number of halogens is 2. The number of hydrogen-bond donors (Lipinski definition) is 1. The summed E-state index contributed by atoms with van der Waals surface area (Å²) in [5.41, 5.74) is 0.253. The molecule has 0 aliphatic carbocycles. The number of benzene rings is 1. The molecule has 0 radical (unpaired) electrons. The lowest BCUT2D eigenvalue weighted by molar-refractivity contribution is 0.245. The summed E-state index contributed by atoms with van der Waals surface area (Å²) < 4.78 is 26.9. The van der Waals surface area contributed by atoms with Crippen molar-refractivity contribution in [2.24, 2.45) is 0 Å². The van der Waals surface area contributed by atoms with Crippen LogP contribution >= 0.6 is 0 Å². The van der Waals surface area contributed by atoms with Crippen molar-refractivity contribution in [2.45, 2.75) is 6.54 Å². The van der Waals surface area contributed by atoms with Gasteiger partial charge in [0.1, 0.15) is 17.5 Å². The molecule has 6 heteroatoms. The van der Waals surface area contributed by atoms with E-state index in [1.165, 1.54) is 12.1 Å². The molecule has 3 rings (SSSR count). The Morgan fingerprint density at radius 1 is 1.05 bits per heavy atom. The first kappa shape index (κ1) is 14.7. The van der Waals surface area contributed by atoms with E-state index in [-0.39, 0.29) is 11.4 Å². The van der Waals surface area contributed by atoms with Gasteiger partial charge in [-0.1, -0.05) is 6.07 Å². The Balaban J connectivity index is 1.62. The van der Waals surface area contributed by atoms with Crippen LogP contribution in [0.1, 0.15) is 5.56 Å². The van der Waals surface area contributed by atoms with Crippen LogP contribution in [0, 0.1) is 11.6 Å². The van der Waals surface area contributed by atoms with E-state index in [1.54, 1.807) is 6.07 Å². The van der Waals surface area contributed by atoms with Crippen LogP contribution in [0.25, 0.3) is 0 Å². The second kappa shape index (κ2) is 6.27. The van der Waals surface area contributed by atoms with Crippen molar-refractivity contribution in [1.29, 1.82) is 0 Å². The largest absolute Gasteiger partial charge is 0.356 e. The Morgan fingerprint density at radius 2 is 1.82 bits per heavy atom. The standard InChI is InChI=1S/C16H17F2N3O/c17-13-4-5-14(18)12(10-13)11-20-6-8-21(9-7-20)15-2-1-3-16(22)19-15/h1-5,10H,6-9,11H2,(H,19,22). The van der Waals surface area contributed by atoms with Gasteiger partial charge < -0.3 is 9.88 Å². The predicted molar refractivity (Wildman–Crippen MR) is 80.9 cm³/mol. The van der Waals surface area contributed by atoms with E-state index >= 15 is 0 Å². The Hall–Kier alpha value is -2.21. The van der Waals surface area contributed by atoms with Gasteiger partial charge in [0.2, 0.25) is 5.56 Å². The molecule has 1 N–H and O–H groups in total. The zero-order chi connectivity index (χ0) is 15.5. The highest BCUT2D eigenvalue weighted by Gasteiger charge is 2.19. The molecule has 1 fully saturated rings. The van der Waals surface area contributed by atoms with Crippen LogP contribution in [0.4, 0.5) is 14.6 Å². The topological polar surface area (TPSA) is 39.3 Å². The Labute approximate surface area is 127 Å². The minimum absolute atomic E-state index is 0.123. The number of piperazine rings is 1. The van der Waals surface area contributed by atoms with Crippen molar-refractivity contribution in [1.82, 2.24) is 9.88 Å². The van der Waals surface area contributed by atoms with Gasteiger partial charge in [-0.3, -0.25) is 9.69 Å². The summed E-state index contributed by atoms with van der Waals surface area (Å²) in [5.74, 6) is -0.00259. The minimum atomic E-state index is -0.420. The quantitative estimate of drug-likeness (QED) is 0.942. The van der Waals surface area contributed by atoms with E-state index in [1.807, 2.05) is 6.07 Å². The summed E-state index contributed by atoms with van der Waals surface area (Å²) in [5, 5.41) is 0. The molecule has 0 amide bonds. The fourth-order valence-electron chi connectivity index (χ4n) is 2.67. The van der Waals surface area contributed by atoms with Crippen molar-refractivity contribution in [3.8, 4) is 0 Å². The van der Waals surface area contributed by atoms with Gasteiger partial charge in [-0.15, -0.1) is 0 Å². The lowest BCUT2D eigenvalue weighted by Gasteiger charge is -2.35. The smallest absolute Gasteiger partial charge is 0.249 e. The van der Waals surface area contributed by atoms with Crippen LogP contribution in [-0.4, -0.2) is 36.1 Å². The number of H-pyrrole nitrogens is 1. The molecule has 1 saturated heterocycles. The first-order chi connectivity index (χ1) is 10.6. The third-order valence-corrected chi connectivity index (χ3v) is 3.87. The molecule has 22 heavy (non-hydrogen) atoms. The summed E-state index contributed by atoms with van der Waals surface area (Å²) >= 11 is 0. The maximum Gasteiger partial charge on any atom is 0.249 e. The van der Waals surface area contributed by atoms with Gasteiger partial charge in [-0.25, -0.2) is 8.78 Å². The average molecular weight is 305 g/mol. The van der Waals surface area contributed by atoms with E-state index < -0.39 is 5.82 Å². The molecule has 1 aromatic heterocycles. The molecule has 0 bridgehead atoms. The number of pyridine rings is 1. The second-order valence-corrected chi connectivity index (χ2v) is 5.40. The highest BCUT2D eigenvalue weighted by Crippen LogP contribution is 2.16. The molecule has 1 aliphatic rings. The minimum Gasteiger partial charge on any atom is -0.356 e. The van der Waals surface area contributed by atoms with Gasteiger partial charge in [0, 0.05) is 44.4 Å². The van der Waals surface area contributed by atoms with E-state index in [2.05, 4.69) is 14.8 Å². The zero-order valence-electron chi connectivity index (χ0n) is 12.1.